The van der Waals surface area contributed by atoms with E-state index < -0.39 is 0 Å². The molecule has 4 nitrogen and oxygen atoms in total. The Morgan fingerprint density at radius 3 is 2.53 bits per heavy atom. The van der Waals surface area contributed by atoms with Crippen LogP contribution in [0.4, 0.5) is 5.95 Å². The predicted octanol–water partition coefficient (Wildman–Crippen LogP) is 1.99. The van der Waals surface area contributed by atoms with Gasteiger partial charge in [-0.3, -0.25) is 0 Å². The Labute approximate surface area is 99.2 Å². The molecule has 0 radical (unpaired) electrons. The summed E-state index contributed by atoms with van der Waals surface area (Å²) in [5.74, 6) is 0.697. The second-order valence-electron chi connectivity index (χ2n) is 3.66. The van der Waals surface area contributed by atoms with Gasteiger partial charge in [-0.15, -0.1) is 0 Å². The van der Waals surface area contributed by atoms with Crippen molar-refractivity contribution in [2.45, 2.75) is 12.8 Å². The van der Waals surface area contributed by atoms with Crippen LogP contribution in [-0.4, -0.2) is 42.1 Å². The van der Waals surface area contributed by atoms with Gasteiger partial charge in [0.15, 0.2) is 0 Å². The monoisotopic (exact) mass is 272 g/mol. The molecule has 84 valence electrons. The fourth-order valence-corrected chi connectivity index (χ4v) is 1.36. The van der Waals surface area contributed by atoms with E-state index in [1.54, 1.807) is 12.4 Å². The van der Waals surface area contributed by atoms with Crippen molar-refractivity contribution in [3.05, 3.63) is 16.9 Å². The van der Waals surface area contributed by atoms with E-state index in [1.807, 2.05) is 0 Å². The maximum atomic E-state index is 4.13. The third kappa shape index (κ3) is 5.69. The van der Waals surface area contributed by atoms with Crippen LogP contribution in [-0.2, 0) is 0 Å². The Bertz CT molecular complexity index is 273. The van der Waals surface area contributed by atoms with Crippen molar-refractivity contribution in [1.82, 2.24) is 14.9 Å². The summed E-state index contributed by atoms with van der Waals surface area (Å²) in [4.78, 5) is 10.5. The van der Waals surface area contributed by atoms with Gasteiger partial charge in [0.25, 0.3) is 0 Å². The Hall–Kier alpha value is -0.680. The van der Waals surface area contributed by atoms with Gasteiger partial charge in [0.1, 0.15) is 0 Å². The standard InChI is InChI=1S/C10H17BrN4/c1-15(2)6-4-3-5-12-10-13-7-9(11)8-14-10/h7-8H,3-6H2,1-2H3,(H,12,13,14). The minimum atomic E-state index is 0.697. The van der Waals surface area contributed by atoms with E-state index in [9.17, 15) is 0 Å². The van der Waals surface area contributed by atoms with Crippen molar-refractivity contribution < 1.29 is 0 Å². The van der Waals surface area contributed by atoms with Gasteiger partial charge in [-0.2, -0.15) is 0 Å². The first-order chi connectivity index (χ1) is 7.18. The molecule has 1 aromatic rings. The summed E-state index contributed by atoms with van der Waals surface area (Å²) in [7, 11) is 4.18. The van der Waals surface area contributed by atoms with E-state index in [4.69, 9.17) is 0 Å². The normalized spacial score (nSPS) is 10.7. The summed E-state index contributed by atoms with van der Waals surface area (Å²) in [6, 6.07) is 0. The van der Waals surface area contributed by atoms with Crippen molar-refractivity contribution in [2.75, 3.05) is 32.5 Å². The lowest BCUT2D eigenvalue weighted by Crippen LogP contribution is -2.14. The zero-order valence-electron chi connectivity index (χ0n) is 9.20. The number of nitrogens with zero attached hydrogens (tertiary/aromatic N) is 3. The van der Waals surface area contributed by atoms with Gasteiger partial charge >= 0.3 is 0 Å². The molecule has 1 aromatic heterocycles. The van der Waals surface area contributed by atoms with Crippen LogP contribution in [0.25, 0.3) is 0 Å². The molecule has 15 heavy (non-hydrogen) atoms. The Balaban J connectivity index is 2.12. The number of halogens is 1. The van der Waals surface area contributed by atoms with Crippen LogP contribution >= 0.6 is 15.9 Å². The molecule has 5 heteroatoms. The first kappa shape index (κ1) is 12.4. The Kier molecular flexibility index (Phi) is 5.57. The van der Waals surface area contributed by atoms with Crippen LogP contribution in [0.2, 0.25) is 0 Å². The van der Waals surface area contributed by atoms with Gasteiger partial charge in [-0.25, -0.2) is 9.97 Å². The van der Waals surface area contributed by atoms with Crippen molar-refractivity contribution in [3.8, 4) is 0 Å². The molecule has 0 aliphatic heterocycles. The minimum absolute atomic E-state index is 0.697. The van der Waals surface area contributed by atoms with Crippen molar-refractivity contribution in [1.29, 1.82) is 0 Å². The number of hydrogen-bond acceptors (Lipinski definition) is 4. The number of aromatic nitrogens is 2. The molecule has 0 aliphatic rings. The number of nitrogens with one attached hydrogen (secondary N) is 1. The largest absolute Gasteiger partial charge is 0.354 e. The maximum absolute atomic E-state index is 4.13. The highest BCUT2D eigenvalue weighted by molar-refractivity contribution is 9.10. The van der Waals surface area contributed by atoms with Gasteiger partial charge in [0, 0.05) is 18.9 Å². The van der Waals surface area contributed by atoms with Crippen molar-refractivity contribution in [2.24, 2.45) is 0 Å². The van der Waals surface area contributed by atoms with E-state index in [2.05, 4.69) is 50.2 Å². The van der Waals surface area contributed by atoms with Gasteiger partial charge in [0.05, 0.1) is 4.47 Å². The molecule has 0 amide bonds. The molecule has 0 aromatic carbocycles. The smallest absolute Gasteiger partial charge is 0.222 e. The lowest BCUT2D eigenvalue weighted by Gasteiger charge is -2.09. The molecule has 0 spiro atoms. The molecule has 1 N–H and O–H groups in total. The summed E-state index contributed by atoms with van der Waals surface area (Å²) < 4.78 is 0.903. The fraction of sp³-hybridized carbons (Fsp3) is 0.600. The van der Waals surface area contributed by atoms with Gasteiger partial charge < -0.3 is 10.2 Å². The summed E-state index contributed by atoms with van der Waals surface area (Å²) in [6.07, 6.45) is 5.82. The third-order valence-corrected chi connectivity index (χ3v) is 2.35. The topological polar surface area (TPSA) is 41.0 Å². The maximum Gasteiger partial charge on any atom is 0.222 e. The molecule has 0 saturated carbocycles. The third-order valence-electron chi connectivity index (χ3n) is 1.94. The first-order valence-corrected chi connectivity index (χ1v) is 5.84. The van der Waals surface area contributed by atoms with Crippen molar-refractivity contribution in [3.63, 3.8) is 0 Å². The van der Waals surface area contributed by atoms with Gasteiger partial charge in [0.2, 0.25) is 5.95 Å². The van der Waals surface area contributed by atoms with Crippen LogP contribution in [0, 0.1) is 0 Å². The molecule has 0 bridgehead atoms. The average molecular weight is 273 g/mol. The van der Waals surface area contributed by atoms with Crippen LogP contribution in [0.3, 0.4) is 0 Å². The SMILES string of the molecule is CN(C)CCCCNc1ncc(Br)cn1. The predicted molar refractivity (Wildman–Crippen MR) is 66.0 cm³/mol. The van der Waals surface area contributed by atoms with Gasteiger partial charge in [-0.05, 0) is 49.4 Å². The molecular formula is C10H17BrN4. The molecule has 0 fully saturated rings. The Morgan fingerprint density at radius 2 is 1.93 bits per heavy atom. The number of anilines is 1. The summed E-state index contributed by atoms with van der Waals surface area (Å²) in [5, 5.41) is 3.18. The highest BCUT2D eigenvalue weighted by Gasteiger charge is 1.95. The lowest BCUT2D eigenvalue weighted by atomic mass is 10.3. The zero-order chi connectivity index (χ0) is 11.1. The molecule has 0 atom stereocenters. The van der Waals surface area contributed by atoms with E-state index >= 15 is 0 Å². The number of rotatable bonds is 6. The fourth-order valence-electron chi connectivity index (χ4n) is 1.16. The molecule has 1 rings (SSSR count). The molecular weight excluding hydrogens is 256 g/mol. The summed E-state index contributed by atoms with van der Waals surface area (Å²) in [6.45, 7) is 2.05. The molecule has 0 aliphatic carbocycles. The average Bonchev–Trinajstić information content (AvgIpc) is 2.20. The van der Waals surface area contributed by atoms with E-state index in [1.165, 1.54) is 6.42 Å². The lowest BCUT2D eigenvalue weighted by molar-refractivity contribution is 0.396. The molecule has 0 unspecified atom stereocenters. The first-order valence-electron chi connectivity index (χ1n) is 5.04. The number of unbranched alkanes of at least 4 members (excludes halogenated alkanes) is 1. The van der Waals surface area contributed by atoms with E-state index in [0.29, 0.717) is 5.95 Å². The van der Waals surface area contributed by atoms with E-state index in [0.717, 1.165) is 24.0 Å². The molecule has 0 saturated heterocycles. The van der Waals surface area contributed by atoms with Gasteiger partial charge in [-0.1, -0.05) is 0 Å². The van der Waals surface area contributed by atoms with Crippen LogP contribution in [0.1, 0.15) is 12.8 Å². The minimum Gasteiger partial charge on any atom is -0.354 e. The second-order valence-corrected chi connectivity index (χ2v) is 4.58. The highest BCUT2D eigenvalue weighted by atomic mass is 79.9. The van der Waals surface area contributed by atoms with Crippen LogP contribution < -0.4 is 5.32 Å². The zero-order valence-corrected chi connectivity index (χ0v) is 10.8. The quantitative estimate of drug-likeness (QED) is 0.805. The highest BCUT2D eigenvalue weighted by Crippen LogP contribution is 2.06. The van der Waals surface area contributed by atoms with E-state index in [-0.39, 0.29) is 0 Å². The summed E-state index contributed by atoms with van der Waals surface area (Å²) in [5.41, 5.74) is 0. The molecule has 1 heterocycles. The van der Waals surface area contributed by atoms with Crippen LogP contribution in [0.15, 0.2) is 16.9 Å². The van der Waals surface area contributed by atoms with Crippen molar-refractivity contribution >= 4 is 21.9 Å². The number of hydrogen-bond donors (Lipinski definition) is 1. The second kappa shape index (κ2) is 6.74. The Morgan fingerprint density at radius 1 is 1.27 bits per heavy atom. The van der Waals surface area contributed by atoms with Crippen LogP contribution in [0.5, 0.6) is 0 Å². The summed E-state index contributed by atoms with van der Waals surface area (Å²) >= 11 is 3.30.